The zero-order valence-electron chi connectivity index (χ0n) is 9.59. The summed E-state index contributed by atoms with van der Waals surface area (Å²) < 4.78 is 0. The van der Waals surface area contributed by atoms with Crippen molar-refractivity contribution >= 4 is 35.3 Å². The normalized spacial score (nSPS) is 7.53. The molecule has 0 bridgehead atoms. The van der Waals surface area contributed by atoms with Gasteiger partial charge in [0.2, 0.25) is 0 Å². The van der Waals surface area contributed by atoms with Crippen molar-refractivity contribution in [2.24, 2.45) is 0 Å². The van der Waals surface area contributed by atoms with E-state index in [4.69, 9.17) is 26.3 Å². The largest absolute Gasteiger partial charge is 0.277 e. The maximum atomic E-state index is 11.3. The molecule has 0 N–H and O–H groups in total. The number of hydrogen-bond acceptors (Lipinski definition) is 7. The fourth-order valence-corrected chi connectivity index (χ4v) is 1.24. The smallest absolute Gasteiger partial charge is 0.266 e. The summed E-state index contributed by atoms with van der Waals surface area (Å²) in [5, 5.41) is 43.8. The number of hydrogen-bond donors (Lipinski definition) is 0. The summed E-state index contributed by atoms with van der Waals surface area (Å²) >= 11 is 0. The van der Waals surface area contributed by atoms with E-state index in [0.29, 0.717) is 0 Å². The molecule has 1 radical (unpaired) electrons. The Bertz CT molecular complexity index is 763. The molecule has 0 saturated heterocycles. The fraction of sp³-hybridized carbons (Fsp3) is 0. The third-order valence-electron chi connectivity index (χ3n) is 1.96. The van der Waals surface area contributed by atoms with E-state index in [1.807, 2.05) is 0 Å². The molecule has 0 aliphatic rings. The van der Waals surface area contributed by atoms with Gasteiger partial charge in [-0.3, -0.25) is 4.79 Å². The molecule has 0 fully saturated rings. The van der Waals surface area contributed by atoms with Gasteiger partial charge in [0.05, 0.1) is 11.1 Å². The van der Waals surface area contributed by atoms with Crippen LogP contribution in [0.15, 0.2) is 0 Å². The standard InChI is InChI=1S/C11N6O.Na/c12-1-6-7(2-13)11(10(18)5-16)9(4-15)17-8(6)3-14;. The fourth-order valence-electron chi connectivity index (χ4n) is 1.24. The number of pyridine rings is 1. The van der Waals surface area contributed by atoms with Gasteiger partial charge in [0.15, 0.2) is 11.4 Å². The Morgan fingerprint density at radius 2 is 1.37 bits per heavy atom. The van der Waals surface area contributed by atoms with Crippen molar-refractivity contribution < 1.29 is 4.79 Å². The molecule has 19 heavy (non-hydrogen) atoms. The second-order valence-corrected chi connectivity index (χ2v) is 2.82. The Kier molecular flexibility index (Phi) is 5.89. The molecule has 0 unspecified atom stereocenters. The molecule has 0 aromatic carbocycles. The van der Waals surface area contributed by atoms with Crippen molar-refractivity contribution in [1.29, 1.82) is 26.3 Å². The number of carbonyl (C=O) groups excluding carboxylic acids is 1. The summed E-state index contributed by atoms with van der Waals surface area (Å²) in [5.41, 5.74) is -2.39. The Morgan fingerprint density at radius 3 is 1.74 bits per heavy atom. The molecule has 7 nitrogen and oxygen atoms in total. The van der Waals surface area contributed by atoms with Gasteiger partial charge in [-0.15, -0.1) is 0 Å². The van der Waals surface area contributed by atoms with E-state index in [9.17, 15) is 4.79 Å². The van der Waals surface area contributed by atoms with Crippen LogP contribution in [0.3, 0.4) is 0 Å². The van der Waals surface area contributed by atoms with Crippen LogP contribution in [0.1, 0.15) is 32.9 Å². The summed E-state index contributed by atoms with van der Waals surface area (Å²) in [4.78, 5) is 14.8. The molecule has 81 valence electrons. The number of carbonyl (C=O) groups is 1. The van der Waals surface area contributed by atoms with Crippen LogP contribution in [-0.4, -0.2) is 40.3 Å². The molecule has 0 spiro atoms. The molecular formula is C11N6NaO. The number of Topliss-reactive ketones (excluding diaryl/α,β-unsaturated/α-hetero) is 1. The summed E-state index contributed by atoms with van der Waals surface area (Å²) in [6.45, 7) is 0. The van der Waals surface area contributed by atoms with Crippen molar-refractivity contribution in [1.82, 2.24) is 4.98 Å². The van der Waals surface area contributed by atoms with Gasteiger partial charge in [0.1, 0.15) is 35.9 Å². The molecule has 8 heteroatoms. The van der Waals surface area contributed by atoms with Gasteiger partial charge in [-0.05, 0) is 0 Å². The van der Waals surface area contributed by atoms with Crippen molar-refractivity contribution in [3.63, 3.8) is 0 Å². The summed E-state index contributed by atoms with van der Waals surface area (Å²) in [6.07, 6.45) is 0. The van der Waals surface area contributed by atoms with Gasteiger partial charge in [-0.25, -0.2) is 4.98 Å². The van der Waals surface area contributed by atoms with Crippen LogP contribution >= 0.6 is 0 Å². The third kappa shape index (κ3) is 2.75. The average Bonchev–Trinajstić information content (AvgIpc) is 2.43. The minimum absolute atomic E-state index is 0. The number of aromatic nitrogens is 1. The minimum atomic E-state index is -1.16. The quantitative estimate of drug-likeness (QED) is 0.386. The van der Waals surface area contributed by atoms with Crippen LogP contribution in [0.4, 0.5) is 0 Å². The van der Waals surface area contributed by atoms with E-state index >= 15 is 0 Å². The molecular weight excluding hydrogens is 255 g/mol. The van der Waals surface area contributed by atoms with Crippen LogP contribution in [0.25, 0.3) is 0 Å². The molecule has 1 aromatic rings. The van der Waals surface area contributed by atoms with Gasteiger partial charge in [-0.2, -0.15) is 26.3 Å². The molecule has 0 saturated carbocycles. The van der Waals surface area contributed by atoms with E-state index in [-0.39, 0.29) is 29.6 Å². The SMILES string of the molecule is N#CC(=O)c1c(C#N)nc(C#N)c(C#N)c1C#N.[Na]. The predicted molar refractivity (Wildman–Crippen MR) is 58.8 cm³/mol. The van der Waals surface area contributed by atoms with Crippen LogP contribution in [0, 0.1) is 56.7 Å². The molecule has 0 amide bonds. The Morgan fingerprint density at radius 1 is 0.842 bits per heavy atom. The van der Waals surface area contributed by atoms with Crippen LogP contribution in [-0.2, 0) is 0 Å². The maximum Gasteiger partial charge on any atom is 0.266 e. The van der Waals surface area contributed by atoms with E-state index in [2.05, 4.69) is 4.98 Å². The zero-order valence-corrected chi connectivity index (χ0v) is 11.6. The second kappa shape index (κ2) is 6.87. The summed E-state index contributed by atoms with van der Waals surface area (Å²) in [5.74, 6) is -1.16. The van der Waals surface area contributed by atoms with Crippen LogP contribution in [0.2, 0.25) is 0 Å². The van der Waals surface area contributed by atoms with E-state index in [1.165, 1.54) is 12.1 Å². The molecule has 1 heterocycles. The first-order valence-electron chi connectivity index (χ1n) is 4.27. The molecule has 0 aliphatic carbocycles. The first-order valence-corrected chi connectivity index (χ1v) is 4.27. The maximum absolute atomic E-state index is 11.3. The first-order chi connectivity index (χ1) is 8.64. The van der Waals surface area contributed by atoms with Crippen LogP contribution in [0.5, 0.6) is 0 Å². The molecule has 1 aromatic heterocycles. The van der Waals surface area contributed by atoms with Crippen molar-refractivity contribution in [2.45, 2.75) is 0 Å². The third-order valence-corrected chi connectivity index (χ3v) is 1.96. The van der Waals surface area contributed by atoms with Crippen LogP contribution < -0.4 is 0 Å². The predicted octanol–water partition coefficient (Wildman–Crippen LogP) is -0.106. The van der Waals surface area contributed by atoms with Gasteiger partial charge in [0, 0.05) is 29.6 Å². The number of rotatable bonds is 1. The molecule has 0 atom stereocenters. The summed E-state index contributed by atoms with van der Waals surface area (Å²) in [6, 6.07) is 7.41. The monoisotopic (exact) mass is 255 g/mol. The van der Waals surface area contributed by atoms with Crippen molar-refractivity contribution in [2.75, 3.05) is 0 Å². The Balaban J connectivity index is 0.00000324. The van der Waals surface area contributed by atoms with Gasteiger partial charge < -0.3 is 0 Å². The number of ketones is 1. The second-order valence-electron chi connectivity index (χ2n) is 2.82. The average molecular weight is 255 g/mol. The van der Waals surface area contributed by atoms with Gasteiger partial charge >= 0.3 is 0 Å². The van der Waals surface area contributed by atoms with E-state index in [0.717, 1.165) is 0 Å². The Labute approximate surface area is 129 Å². The van der Waals surface area contributed by atoms with E-state index in [1.54, 1.807) is 18.2 Å². The number of nitriles is 5. The minimum Gasteiger partial charge on any atom is -0.277 e. The number of nitrogens with zero attached hydrogens (tertiary/aromatic N) is 6. The first kappa shape index (κ1) is 16.3. The molecule has 1 rings (SSSR count). The topological polar surface area (TPSA) is 149 Å². The van der Waals surface area contributed by atoms with Gasteiger partial charge in [0.25, 0.3) is 5.78 Å². The zero-order chi connectivity index (χ0) is 13.7. The Hall–Kier alpha value is -2.73. The molecule has 0 aliphatic heterocycles. The van der Waals surface area contributed by atoms with Crippen molar-refractivity contribution in [3.8, 4) is 30.3 Å². The summed E-state index contributed by atoms with van der Waals surface area (Å²) in [7, 11) is 0. The van der Waals surface area contributed by atoms with Crippen molar-refractivity contribution in [3.05, 3.63) is 28.1 Å². The van der Waals surface area contributed by atoms with E-state index < -0.39 is 33.9 Å². The van der Waals surface area contributed by atoms with Gasteiger partial charge in [-0.1, -0.05) is 0 Å².